The Morgan fingerprint density at radius 1 is 0.905 bits per heavy atom. The monoisotopic (exact) mass is 309 g/mol. The van der Waals surface area contributed by atoms with Gasteiger partial charge >= 0.3 is 0 Å². The predicted octanol–water partition coefficient (Wildman–Crippen LogP) is 6.63. The molecule has 0 aliphatic heterocycles. The Kier molecular flexibility index (Phi) is 10.9. The van der Waals surface area contributed by atoms with Crippen LogP contribution in [0.5, 0.6) is 0 Å². The summed E-state index contributed by atoms with van der Waals surface area (Å²) in [5, 5.41) is 3.65. The summed E-state index contributed by atoms with van der Waals surface area (Å²) in [6.07, 6.45) is 14.0. The van der Waals surface area contributed by atoms with Gasteiger partial charge in [-0.25, -0.2) is 0 Å². The van der Waals surface area contributed by atoms with Crippen LogP contribution in [0.25, 0.3) is 0 Å². The van der Waals surface area contributed by atoms with E-state index in [0.29, 0.717) is 6.04 Å². The third-order valence-corrected chi connectivity index (χ3v) is 5.27. The standard InChI is InChI=1S/C19H35NS/c1-4-6-7-8-9-10-11-12-13-14-18(20-5-2)19-16-15-17(3)21-19/h15-16,18,20H,4-14H2,1-3H3. The second-order valence-corrected chi connectivity index (χ2v) is 7.50. The van der Waals surface area contributed by atoms with Gasteiger partial charge in [-0.1, -0.05) is 71.6 Å². The van der Waals surface area contributed by atoms with Crippen LogP contribution in [0.3, 0.4) is 0 Å². The molecule has 1 atom stereocenters. The van der Waals surface area contributed by atoms with Crippen LogP contribution in [0.15, 0.2) is 12.1 Å². The highest BCUT2D eigenvalue weighted by atomic mass is 32.1. The molecule has 1 unspecified atom stereocenters. The van der Waals surface area contributed by atoms with Crippen molar-refractivity contribution in [2.24, 2.45) is 0 Å². The molecule has 0 aromatic carbocycles. The topological polar surface area (TPSA) is 12.0 Å². The summed E-state index contributed by atoms with van der Waals surface area (Å²) in [6.45, 7) is 7.77. The van der Waals surface area contributed by atoms with Crippen LogP contribution in [0.4, 0.5) is 0 Å². The molecular weight excluding hydrogens is 274 g/mol. The summed E-state index contributed by atoms with van der Waals surface area (Å²) in [5.41, 5.74) is 0. The zero-order valence-corrected chi connectivity index (χ0v) is 15.2. The fraction of sp³-hybridized carbons (Fsp3) is 0.789. The Morgan fingerprint density at radius 3 is 2.05 bits per heavy atom. The van der Waals surface area contributed by atoms with Crippen molar-refractivity contribution < 1.29 is 0 Å². The lowest BCUT2D eigenvalue weighted by atomic mass is 10.0. The van der Waals surface area contributed by atoms with Crippen LogP contribution in [0.1, 0.15) is 93.9 Å². The maximum atomic E-state index is 3.65. The quantitative estimate of drug-likeness (QED) is 0.403. The largest absolute Gasteiger partial charge is 0.310 e. The molecule has 0 amide bonds. The molecule has 1 aromatic rings. The third kappa shape index (κ3) is 8.63. The average Bonchev–Trinajstić information content (AvgIpc) is 2.91. The van der Waals surface area contributed by atoms with Gasteiger partial charge in [0, 0.05) is 15.8 Å². The smallest absolute Gasteiger partial charge is 0.0414 e. The molecule has 0 saturated heterocycles. The summed E-state index contributed by atoms with van der Waals surface area (Å²) < 4.78 is 0. The predicted molar refractivity (Wildman–Crippen MR) is 97.3 cm³/mol. The maximum Gasteiger partial charge on any atom is 0.0414 e. The summed E-state index contributed by atoms with van der Waals surface area (Å²) in [4.78, 5) is 2.95. The molecule has 0 fully saturated rings. The van der Waals surface area contributed by atoms with Gasteiger partial charge in [0.25, 0.3) is 0 Å². The molecule has 21 heavy (non-hydrogen) atoms. The Balaban J connectivity index is 2.08. The first-order valence-electron chi connectivity index (χ1n) is 9.07. The molecule has 1 rings (SSSR count). The van der Waals surface area contributed by atoms with Crippen molar-refractivity contribution in [3.63, 3.8) is 0 Å². The van der Waals surface area contributed by atoms with E-state index in [1.807, 2.05) is 11.3 Å². The molecule has 0 bridgehead atoms. The fourth-order valence-corrected chi connectivity index (χ4v) is 3.88. The molecule has 2 heteroatoms. The van der Waals surface area contributed by atoms with Gasteiger partial charge in [-0.05, 0) is 32.0 Å². The summed E-state index contributed by atoms with van der Waals surface area (Å²) >= 11 is 1.95. The lowest BCUT2D eigenvalue weighted by molar-refractivity contribution is 0.479. The van der Waals surface area contributed by atoms with E-state index >= 15 is 0 Å². The summed E-state index contributed by atoms with van der Waals surface area (Å²) in [7, 11) is 0. The van der Waals surface area contributed by atoms with Gasteiger partial charge < -0.3 is 5.32 Å². The van der Waals surface area contributed by atoms with E-state index in [4.69, 9.17) is 0 Å². The molecule has 0 radical (unpaired) electrons. The van der Waals surface area contributed by atoms with Crippen LogP contribution in [0.2, 0.25) is 0 Å². The number of unbranched alkanes of at least 4 members (excludes halogenated alkanes) is 8. The van der Waals surface area contributed by atoms with Crippen molar-refractivity contribution in [3.05, 3.63) is 21.9 Å². The minimum Gasteiger partial charge on any atom is -0.310 e. The minimum atomic E-state index is 0.582. The lowest BCUT2D eigenvalue weighted by Gasteiger charge is -2.16. The number of aryl methyl sites for hydroxylation is 1. The van der Waals surface area contributed by atoms with Crippen LogP contribution in [-0.4, -0.2) is 6.54 Å². The van der Waals surface area contributed by atoms with E-state index in [9.17, 15) is 0 Å². The van der Waals surface area contributed by atoms with Crippen molar-refractivity contribution >= 4 is 11.3 Å². The zero-order valence-electron chi connectivity index (χ0n) is 14.4. The first-order valence-corrected chi connectivity index (χ1v) is 9.89. The Morgan fingerprint density at radius 2 is 1.52 bits per heavy atom. The van der Waals surface area contributed by atoms with E-state index < -0.39 is 0 Å². The van der Waals surface area contributed by atoms with E-state index in [0.717, 1.165) is 6.54 Å². The highest BCUT2D eigenvalue weighted by Gasteiger charge is 2.11. The molecular formula is C19H35NS. The molecule has 0 saturated carbocycles. The minimum absolute atomic E-state index is 0.582. The lowest BCUT2D eigenvalue weighted by Crippen LogP contribution is -2.19. The third-order valence-electron chi connectivity index (χ3n) is 4.15. The highest BCUT2D eigenvalue weighted by Crippen LogP contribution is 2.27. The van der Waals surface area contributed by atoms with Gasteiger partial charge in [0.15, 0.2) is 0 Å². The van der Waals surface area contributed by atoms with Gasteiger partial charge in [0.05, 0.1) is 0 Å². The van der Waals surface area contributed by atoms with E-state index in [1.54, 1.807) is 0 Å². The van der Waals surface area contributed by atoms with Gasteiger partial charge in [-0.3, -0.25) is 0 Å². The molecule has 1 aromatic heterocycles. The number of nitrogens with one attached hydrogen (secondary N) is 1. The Labute approximate surface area is 136 Å². The summed E-state index contributed by atoms with van der Waals surface area (Å²) in [5.74, 6) is 0. The second-order valence-electron chi connectivity index (χ2n) is 6.18. The molecule has 1 N–H and O–H groups in total. The van der Waals surface area contributed by atoms with Crippen molar-refractivity contribution in [2.75, 3.05) is 6.54 Å². The van der Waals surface area contributed by atoms with Gasteiger partial charge in [0.1, 0.15) is 0 Å². The number of hydrogen-bond acceptors (Lipinski definition) is 2. The Bertz CT molecular complexity index is 345. The molecule has 1 nitrogen and oxygen atoms in total. The normalized spacial score (nSPS) is 12.7. The van der Waals surface area contributed by atoms with Gasteiger partial charge in [-0.15, -0.1) is 11.3 Å². The first-order chi connectivity index (χ1) is 10.3. The van der Waals surface area contributed by atoms with E-state index in [1.165, 1.54) is 74.0 Å². The van der Waals surface area contributed by atoms with Crippen molar-refractivity contribution in [1.82, 2.24) is 5.32 Å². The first kappa shape index (κ1) is 18.7. The number of rotatable bonds is 13. The van der Waals surface area contributed by atoms with E-state index in [2.05, 4.69) is 38.2 Å². The van der Waals surface area contributed by atoms with Gasteiger partial charge in [0.2, 0.25) is 0 Å². The average molecular weight is 310 g/mol. The van der Waals surface area contributed by atoms with Crippen LogP contribution >= 0.6 is 11.3 Å². The molecule has 1 heterocycles. The molecule has 122 valence electrons. The van der Waals surface area contributed by atoms with E-state index in [-0.39, 0.29) is 0 Å². The van der Waals surface area contributed by atoms with Crippen molar-refractivity contribution in [2.45, 2.75) is 91.0 Å². The van der Waals surface area contributed by atoms with Crippen molar-refractivity contribution in [1.29, 1.82) is 0 Å². The zero-order chi connectivity index (χ0) is 15.3. The van der Waals surface area contributed by atoms with Crippen LogP contribution in [0, 0.1) is 6.92 Å². The highest BCUT2D eigenvalue weighted by molar-refractivity contribution is 7.12. The number of thiophene rings is 1. The maximum absolute atomic E-state index is 3.65. The SMILES string of the molecule is CCCCCCCCCCCC(NCC)c1ccc(C)s1. The molecule has 0 aliphatic rings. The molecule has 0 aliphatic carbocycles. The summed E-state index contributed by atoms with van der Waals surface area (Å²) in [6, 6.07) is 5.14. The van der Waals surface area contributed by atoms with Gasteiger partial charge in [-0.2, -0.15) is 0 Å². The van der Waals surface area contributed by atoms with Crippen LogP contribution in [-0.2, 0) is 0 Å². The second kappa shape index (κ2) is 12.2. The molecule has 0 spiro atoms. The van der Waals surface area contributed by atoms with Crippen LogP contribution < -0.4 is 5.32 Å². The fourth-order valence-electron chi connectivity index (χ4n) is 2.89. The Hall–Kier alpha value is -0.340. The number of hydrogen-bond donors (Lipinski definition) is 1. The van der Waals surface area contributed by atoms with Crippen molar-refractivity contribution in [3.8, 4) is 0 Å².